The van der Waals surface area contributed by atoms with E-state index >= 15 is 0 Å². The monoisotopic (exact) mass is 385 g/mol. The van der Waals surface area contributed by atoms with E-state index in [-0.39, 0.29) is 18.4 Å². The van der Waals surface area contributed by atoms with Crippen molar-refractivity contribution in [2.75, 3.05) is 40.3 Å². The summed E-state index contributed by atoms with van der Waals surface area (Å²) in [5, 5.41) is 0. The Morgan fingerprint density at radius 1 is 1.14 bits per heavy atom. The lowest BCUT2D eigenvalue weighted by Crippen LogP contribution is -2.55. The molecule has 2 saturated heterocycles. The number of fused-ring (bicyclic) bond motifs is 1. The number of likely N-dealkylation sites (N-methyl/N-ethyl adjacent to an activating group) is 1. The molecular weight excluding hydrogens is 354 g/mol. The van der Waals surface area contributed by atoms with Crippen LogP contribution < -0.4 is 4.74 Å². The van der Waals surface area contributed by atoms with Crippen LogP contribution >= 0.6 is 0 Å². The lowest BCUT2D eigenvalue weighted by Gasteiger charge is -2.47. The van der Waals surface area contributed by atoms with Crippen LogP contribution in [0.1, 0.15) is 42.5 Å². The van der Waals surface area contributed by atoms with Gasteiger partial charge in [0.25, 0.3) is 11.8 Å². The Morgan fingerprint density at radius 2 is 1.96 bits per heavy atom. The van der Waals surface area contributed by atoms with E-state index in [0.29, 0.717) is 23.3 Å². The molecule has 28 heavy (non-hydrogen) atoms. The van der Waals surface area contributed by atoms with Gasteiger partial charge in [-0.3, -0.25) is 14.5 Å². The minimum Gasteiger partial charge on any atom is -0.484 e. The van der Waals surface area contributed by atoms with Crippen LogP contribution in [0, 0.1) is 5.92 Å². The van der Waals surface area contributed by atoms with Gasteiger partial charge in [0.15, 0.2) is 6.61 Å². The number of benzene rings is 1. The average molecular weight is 386 g/mol. The maximum atomic E-state index is 13.1. The highest BCUT2D eigenvalue weighted by molar-refractivity contribution is 5.94. The fourth-order valence-electron chi connectivity index (χ4n) is 4.66. The third-order valence-corrected chi connectivity index (χ3v) is 6.36. The van der Waals surface area contributed by atoms with Gasteiger partial charge in [-0.25, -0.2) is 0 Å². The smallest absolute Gasteiger partial charge is 0.259 e. The topological polar surface area (TPSA) is 53.1 Å². The molecule has 4 rings (SSSR count). The van der Waals surface area contributed by atoms with E-state index in [2.05, 4.69) is 4.90 Å². The van der Waals surface area contributed by atoms with Crippen LogP contribution in [-0.4, -0.2) is 78.9 Å². The van der Waals surface area contributed by atoms with Crippen molar-refractivity contribution in [2.45, 2.75) is 44.2 Å². The molecule has 0 spiro atoms. The van der Waals surface area contributed by atoms with Crippen LogP contribution in [0.15, 0.2) is 24.3 Å². The van der Waals surface area contributed by atoms with Gasteiger partial charge in [0.2, 0.25) is 0 Å². The Hall–Kier alpha value is -2.08. The van der Waals surface area contributed by atoms with E-state index in [1.807, 2.05) is 17.0 Å². The maximum absolute atomic E-state index is 13.1. The molecule has 0 aromatic heterocycles. The molecule has 6 heteroatoms. The van der Waals surface area contributed by atoms with Gasteiger partial charge >= 0.3 is 0 Å². The summed E-state index contributed by atoms with van der Waals surface area (Å²) in [6, 6.07) is 8.69. The number of carbonyl (C=O) groups is 2. The number of ether oxygens (including phenoxy) is 1. The summed E-state index contributed by atoms with van der Waals surface area (Å²) in [6.45, 7) is 2.91. The Kier molecular flexibility index (Phi) is 5.58. The standard InChI is InChI=1S/C22H31N3O3/c1-23(2)21(26)15-28-19-7-3-5-16(13-19)22(27)24-12-10-20-17(14-24)6-4-11-25(20)18-8-9-18/h3,5,7,13,17-18,20H,4,6,8-12,14-15H2,1-2H3/t17-,20+/m1/s1. The lowest BCUT2D eigenvalue weighted by molar-refractivity contribution is -0.130. The van der Waals surface area contributed by atoms with Crippen molar-refractivity contribution in [3.8, 4) is 5.75 Å². The summed E-state index contributed by atoms with van der Waals surface area (Å²) in [5.74, 6) is 1.14. The van der Waals surface area contributed by atoms with E-state index in [0.717, 1.165) is 25.6 Å². The first kappa shape index (κ1) is 19.2. The molecule has 3 aliphatic rings. The second kappa shape index (κ2) is 8.11. The van der Waals surface area contributed by atoms with Gasteiger partial charge in [0, 0.05) is 44.8 Å². The molecule has 3 fully saturated rings. The van der Waals surface area contributed by atoms with Gasteiger partial charge in [-0.05, 0) is 62.8 Å². The summed E-state index contributed by atoms with van der Waals surface area (Å²) in [5.41, 5.74) is 0.642. The Labute approximate surface area is 167 Å². The fourth-order valence-corrected chi connectivity index (χ4v) is 4.66. The van der Waals surface area contributed by atoms with Gasteiger partial charge in [-0.1, -0.05) is 6.07 Å². The summed E-state index contributed by atoms with van der Waals surface area (Å²) in [6.07, 6.45) is 6.28. The number of amides is 2. The largest absolute Gasteiger partial charge is 0.484 e. The van der Waals surface area contributed by atoms with Gasteiger partial charge in [-0.2, -0.15) is 0 Å². The van der Waals surface area contributed by atoms with Crippen molar-refractivity contribution < 1.29 is 14.3 Å². The molecule has 1 aromatic rings. The third-order valence-electron chi connectivity index (χ3n) is 6.36. The number of nitrogens with zero attached hydrogens (tertiary/aromatic N) is 3. The molecule has 0 radical (unpaired) electrons. The summed E-state index contributed by atoms with van der Waals surface area (Å²) < 4.78 is 5.57. The molecule has 2 heterocycles. The summed E-state index contributed by atoms with van der Waals surface area (Å²) in [4.78, 5) is 31.0. The van der Waals surface area contributed by atoms with Crippen LogP contribution in [0.5, 0.6) is 5.75 Å². The molecule has 0 unspecified atom stereocenters. The molecule has 1 aromatic carbocycles. The Bertz CT molecular complexity index is 731. The SMILES string of the molecule is CN(C)C(=O)COc1cccc(C(=O)N2CC[C@H]3[C@H](CCCN3C3CC3)C2)c1. The third kappa shape index (κ3) is 4.17. The minimum absolute atomic E-state index is 0.0187. The van der Waals surface area contributed by atoms with Crippen molar-refractivity contribution in [2.24, 2.45) is 5.92 Å². The van der Waals surface area contributed by atoms with Crippen molar-refractivity contribution in [3.05, 3.63) is 29.8 Å². The van der Waals surface area contributed by atoms with E-state index in [9.17, 15) is 9.59 Å². The van der Waals surface area contributed by atoms with Crippen LogP contribution in [0.4, 0.5) is 0 Å². The number of carbonyl (C=O) groups excluding carboxylic acids is 2. The first-order chi connectivity index (χ1) is 13.5. The zero-order valence-electron chi connectivity index (χ0n) is 17.0. The minimum atomic E-state index is -0.101. The van der Waals surface area contributed by atoms with Crippen LogP contribution in [0.3, 0.4) is 0 Å². The molecule has 2 aliphatic heterocycles. The molecular formula is C22H31N3O3. The maximum Gasteiger partial charge on any atom is 0.259 e. The van der Waals surface area contributed by atoms with Gasteiger partial charge in [0.05, 0.1) is 0 Å². The van der Waals surface area contributed by atoms with E-state index in [4.69, 9.17) is 4.74 Å². The molecule has 1 aliphatic carbocycles. The predicted octanol–water partition coefficient (Wildman–Crippen LogP) is 2.24. The molecule has 1 saturated carbocycles. The van der Waals surface area contributed by atoms with Crippen molar-refractivity contribution in [3.63, 3.8) is 0 Å². The molecule has 0 N–H and O–H groups in total. The van der Waals surface area contributed by atoms with E-state index in [1.165, 1.54) is 37.1 Å². The van der Waals surface area contributed by atoms with Crippen molar-refractivity contribution in [1.82, 2.24) is 14.7 Å². The molecule has 2 atom stereocenters. The number of hydrogen-bond donors (Lipinski definition) is 0. The Balaban J connectivity index is 1.38. The first-order valence-electron chi connectivity index (χ1n) is 10.5. The highest BCUT2D eigenvalue weighted by Gasteiger charge is 2.42. The zero-order valence-corrected chi connectivity index (χ0v) is 17.0. The quantitative estimate of drug-likeness (QED) is 0.780. The number of likely N-dealkylation sites (tertiary alicyclic amines) is 2. The Morgan fingerprint density at radius 3 is 2.71 bits per heavy atom. The molecule has 2 amide bonds. The zero-order chi connectivity index (χ0) is 19.7. The average Bonchev–Trinajstić information content (AvgIpc) is 3.56. The van der Waals surface area contributed by atoms with Crippen LogP contribution in [0.2, 0.25) is 0 Å². The molecule has 0 bridgehead atoms. The van der Waals surface area contributed by atoms with Crippen molar-refractivity contribution in [1.29, 1.82) is 0 Å². The molecule has 152 valence electrons. The fraction of sp³-hybridized carbons (Fsp3) is 0.636. The van der Waals surface area contributed by atoms with Crippen LogP contribution in [0.25, 0.3) is 0 Å². The highest BCUT2D eigenvalue weighted by Crippen LogP contribution is 2.38. The summed E-state index contributed by atoms with van der Waals surface area (Å²) >= 11 is 0. The van der Waals surface area contributed by atoms with E-state index < -0.39 is 0 Å². The van der Waals surface area contributed by atoms with Crippen molar-refractivity contribution >= 4 is 11.8 Å². The summed E-state index contributed by atoms with van der Waals surface area (Å²) in [7, 11) is 3.40. The highest BCUT2D eigenvalue weighted by atomic mass is 16.5. The van der Waals surface area contributed by atoms with Gasteiger partial charge in [0.1, 0.15) is 5.75 Å². The second-order valence-electron chi connectivity index (χ2n) is 8.58. The number of hydrogen-bond acceptors (Lipinski definition) is 4. The number of rotatable bonds is 5. The van der Waals surface area contributed by atoms with Gasteiger partial charge < -0.3 is 14.5 Å². The van der Waals surface area contributed by atoms with E-state index in [1.54, 1.807) is 26.2 Å². The lowest BCUT2D eigenvalue weighted by atomic mass is 9.83. The predicted molar refractivity (Wildman–Crippen MR) is 107 cm³/mol. The molecule has 6 nitrogen and oxygen atoms in total. The van der Waals surface area contributed by atoms with Crippen LogP contribution in [-0.2, 0) is 4.79 Å². The number of piperidine rings is 2. The first-order valence-corrected chi connectivity index (χ1v) is 10.5. The normalized spacial score (nSPS) is 25.1. The van der Waals surface area contributed by atoms with Gasteiger partial charge in [-0.15, -0.1) is 0 Å². The second-order valence-corrected chi connectivity index (χ2v) is 8.58.